The molecule has 1 aliphatic heterocycles. The van der Waals surface area contributed by atoms with Crippen molar-refractivity contribution < 1.29 is 23.9 Å². The number of rotatable bonds is 8. The quantitative estimate of drug-likeness (QED) is 0.446. The van der Waals surface area contributed by atoms with Gasteiger partial charge < -0.3 is 24.6 Å². The van der Waals surface area contributed by atoms with Crippen molar-refractivity contribution in [3.05, 3.63) is 89.0 Å². The number of amides is 2. The smallest absolute Gasteiger partial charge is 0.338 e. The number of hydrogen-bond donors (Lipinski definition) is 1. The Labute approximate surface area is 223 Å². The highest BCUT2D eigenvalue weighted by molar-refractivity contribution is 5.99. The number of piperazine rings is 1. The summed E-state index contributed by atoms with van der Waals surface area (Å²) in [6.45, 7) is 8.01. The van der Waals surface area contributed by atoms with Gasteiger partial charge in [0, 0.05) is 31.7 Å². The molecular formula is C30H33N3O5. The van der Waals surface area contributed by atoms with Crippen molar-refractivity contribution in [3.8, 4) is 5.75 Å². The van der Waals surface area contributed by atoms with Gasteiger partial charge in [0.05, 0.1) is 23.5 Å². The lowest BCUT2D eigenvalue weighted by Gasteiger charge is -2.37. The number of hydrogen-bond acceptors (Lipinski definition) is 6. The summed E-state index contributed by atoms with van der Waals surface area (Å²) in [5.74, 6) is -0.148. The molecule has 1 aliphatic rings. The van der Waals surface area contributed by atoms with Crippen molar-refractivity contribution in [2.24, 2.45) is 0 Å². The van der Waals surface area contributed by atoms with Crippen LogP contribution in [-0.4, -0.2) is 62.1 Å². The van der Waals surface area contributed by atoms with E-state index >= 15 is 0 Å². The fourth-order valence-electron chi connectivity index (χ4n) is 4.38. The number of nitrogens with one attached hydrogen (secondary N) is 1. The Kier molecular flexibility index (Phi) is 8.63. The second kappa shape index (κ2) is 12.3. The van der Waals surface area contributed by atoms with Gasteiger partial charge in [0.25, 0.3) is 11.8 Å². The van der Waals surface area contributed by atoms with Crippen LogP contribution in [0.2, 0.25) is 0 Å². The summed E-state index contributed by atoms with van der Waals surface area (Å²) in [7, 11) is 0. The molecule has 1 heterocycles. The molecule has 0 radical (unpaired) electrons. The third kappa shape index (κ3) is 6.32. The molecule has 0 saturated carbocycles. The minimum Gasteiger partial charge on any atom is -0.483 e. The Morgan fingerprint density at radius 2 is 1.61 bits per heavy atom. The third-order valence-corrected chi connectivity index (χ3v) is 6.62. The summed E-state index contributed by atoms with van der Waals surface area (Å²) in [5.41, 5.74) is 4.33. The standard InChI is InChI=1S/C30H33N3O5/c1-4-37-30(36)24-13-14-26(32-15-17-33(18-16-32)29(35)23-10-6-5-7-11-23)25(19-24)31-28(34)20-38-27-12-8-9-21(2)22(27)3/h5-14,19H,4,15-18,20H2,1-3H3,(H,31,34). The SMILES string of the molecule is CCOC(=O)c1ccc(N2CCN(C(=O)c3ccccc3)CC2)c(NC(=O)COc2cccc(C)c2C)c1. The van der Waals surface area contributed by atoms with Crippen LogP contribution in [0.15, 0.2) is 66.7 Å². The van der Waals surface area contributed by atoms with Crippen molar-refractivity contribution in [2.75, 3.05) is 49.6 Å². The number of anilines is 2. The van der Waals surface area contributed by atoms with Gasteiger partial charge in [-0.2, -0.15) is 0 Å². The highest BCUT2D eigenvalue weighted by Crippen LogP contribution is 2.29. The zero-order valence-corrected chi connectivity index (χ0v) is 22.0. The van der Waals surface area contributed by atoms with Crippen molar-refractivity contribution in [1.82, 2.24) is 4.90 Å². The molecule has 8 heteroatoms. The molecule has 1 fully saturated rings. The van der Waals surface area contributed by atoms with E-state index in [1.165, 1.54) is 0 Å². The van der Waals surface area contributed by atoms with Gasteiger partial charge >= 0.3 is 5.97 Å². The first kappa shape index (κ1) is 26.7. The summed E-state index contributed by atoms with van der Waals surface area (Å²) in [6, 6.07) is 20.1. The van der Waals surface area contributed by atoms with E-state index in [-0.39, 0.29) is 25.0 Å². The minimum atomic E-state index is -0.459. The van der Waals surface area contributed by atoms with Crippen molar-refractivity contribution >= 4 is 29.2 Å². The zero-order valence-electron chi connectivity index (χ0n) is 22.0. The summed E-state index contributed by atoms with van der Waals surface area (Å²) in [6.07, 6.45) is 0. The highest BCUT2D eigenvalue weighted by atomic mass is 16.5. The number of carbonyl (C=O) groups is 3. The van der Waals surface area contributed by atoms with Crippen molar-refractivity contribution in [1.29, 1.82) is 0 Å². The molecule has 0 atom stereocenters. The van der Waals surface area contributed by atoms with Crippen molar-refractivity contribution in [2.45, 2.75) is 20.8 Å². The Balaban J connectivity index is 1.48. The number of ether oxygens (including phenoxy) is 2. The van der Waals surface area contributed by atoms with Gasteiger partial charge in [-0.25, -0.2) is 4.79 Å². The molecule has 0 aromatic heterocycles. The van der Waals surface area contributed by atoms with Crippen LogP contribution in [-0.2, 0) is 9.53 Å². The van der Waals surface area contributed by atoms with E-state index < -0.39 is 5.97 Å². The van der Waals surface area contributed by atoms with E-state index in [2.05, 4.69) is 10.2 Å². The lowest BCUT2D eigenvalue weighted by Crippen LogP contribution is -2.49. The van der Waals surface area contributed by atoms with Gasteiger partial charge in [-0.05, 0) is 68.3 Å². The molecule has 8 nitrogen and oxygen atoms in total. The fraction of sp³-hybridized carbons (Fsp3) is 0.300. The Morgan fingerprint density at radius 3 is 2.32 bits per heavy atom. The molecule has 3 aromatic carbocycles. The summed E-state index contributed by atoms with van der Waals surface area (Å²) < 4.78 is 10.9. The van der Waals surface area contributed by atoms with Gasteiger partial charge in [0.15, 0.2) is 6.61 Å². The summed E-state index contributed by atoms with van der Waals surface area (Å²) in [5, 5.41) is 2.92. The Hall–Kier alpha value is -4.33. The third-order valence-electron chi connectivity index (χ3n) is 6.62. The molecule has 198 valence electrons. The molecule has 0 bridgehead atoms. The molecule has 0 aliphatic carbocycles. The van der Waals surface area contributed by atoms with Crippen LogP contribution in [0.4, 0.5) is 11.4 Å². The molecule has 4 rings (SSSR count). The molecular weight excluding hydrogens is 482 g/mol. The Morgan fingerprint density at radius 1 is 0.868 bits per heavy atom. The maximum absolute atomic E-state index is 12.9. The predicted octanol–water partition coefficient (Wildman–Crippen LogP) is 4.46. The fourth-order valence-corrected chi connectivity index (χ4v) is 4.38. The predicted molar refractivity (Wildman–Crippen MR) is 147 cm³/mol. The van der Waals surface area contributed by atoms with Crippen LogP contribution < -0.4 is 15.0 Å². The van der Waals surface area contributed by atoms with E-state index in [9.17, 15) is 14.4 Å². The molecule has 0 unspecified atom stereocenters. The maximum atomic E-state index is 12.9. The van der Waals surface area contributed by atoms with Crippen LogP contribution in [0.5, 0.6) is 5.75 Å². The average Bonchev–Trinajstić information content (AvgIpc) is 2.94. The van der Waals surface area contributed by atoms with Crippen molar-refractivity contribution in [3.63, 3.8) is 0 Å². The largest absolute Gasteiger partial charge is 0.483 e. The topological polar surface area (TPSA) is 88.2 Å². The van der Waals surface area contributed by atoms with Gasteiger partial charge in [-0.3, -0.25) is 9.59 Å². The number of benzene rings is 3. The van der Waals surface area contributed by atoms with E-state index in [1.54, 1.807) is 19.1 Å². The summed E-state index contributed by atoms with van der Waals surface area (Å²) >= 11 is 0. The first-order valence-corrected chi connectivity index (χ1v) is 12.8. The first-order chi connectivity index (χ1) is 18.4. The molecule has 38 heavy (non-hydrogen) atoms. The van der Waals surface area contributed by atoms with E-state index in [0.29, 0.717) is 48.7 Å². The number of aryl methyl sites for hydroxylation is 1. The van der Waals surface area contributed by atoms with Gasteiger partial charge in [-0.15, -0.1) is 0 Å². The van der Waals surface area contributed by atoms with Crippen LogP contribution in [0, 0.1) is 13.8 Å². The van der Waals surface area contributed by atoms with E-state index in [1.807, 2.05) is 73.3 Å². The molecule has 2 amide bonds. The number of nitrogens with zero attached hydrogens (tertiary/aromatic N) is 2. The normalized spacial score (nSPS) is 13.1. The molecule has 3 aromatic rings. The van der Waals surface area contributed by atoms with Gasteiger partial charge in [-0.1, -0.05) is 30.3 Å². The minimum absolute atomic E-state index is 0.0000242. The number of esters is 1. The van der Waals surface area contributed by atoms with E-state index in [0.717, 1.165) is 16.8 Å². The van der Waals surface area contributed by atoms with Crippen LogP contribution in [0.1, 0.15) is 38.8 Å². The second-order valence-electron chi connectivity index (χ2n) is 9.13. The lowest BCUT2D eigenvalue weighted by molar-refractivity contribution is -0.118. The van der Waals surface area contributed by atoms with Crippen LogP contribution in [0.3, 0.4) is 0 Å². The number of carbonyl (C=O) groups excluding carboxylic acids is 3. The highest BCUT2D eigenvalue weighted by Gasteiger charge is 2.24. The average molecular weight is 516 g/mol. The molecule has 1 N–H and O–H groups in total. The van der Waals surface area contributed by atoms with Crippen LogP contribution >= 0.6 is 0 Å². The van der Waals surface area contributed by atoms with Gasteiger partial charge in [0.2, 0.25) is 0 Å². The molecule has 0 spiro atoms. The maximum Gasteiger partial charge on any atom is 0.338 e. The van der Waals surface area contributed by atoms with Gasteiger partial charge in [0.1, 0.15) is 5.75 Å². The zero-order chi connectivity index (χ0) is 27.1. The summed E-state index contributed by atoms with van der Waals surface area (Å²) in [4.78, 5) is 42.1. The lowest BCUT2D eigenvalue weighted by atomic mass is 10.1. The Bertz CT molecular complexity index is 1300. The molecule has 1 saturated heterocycles. The monoisotopic (exact) mass is 515 g/mol. The van der Waals surface area contributed by atoms with E-state index in [4.69, 9.17) is 9.47 Å². The second-order valence-corrected chi connectivity index (χ2v) is 9.13. The first-order valence-electron chi connectivity index (χ1n) is 12.8. The van der Waals surface area contributed by atoms with Crippen LogP contribution in [0.25, 0.3) is 0 Å².